The molecule has 0 saturated carbocycles. The van der Waals surface area contributed by atoms with Crippen LogP contribution in [0.4, 0.5) is 0 Å². The molecule has 62 valence electrons. The summed E-state index contributed by atoms with van der Waals surface area (Å²) in [5.74, 6) is 0. The fourth-order valence-electron chi connectivity index (χ4n) is 0.848. The lowest BCUT2D eigenvalue weighted by atomic mass is 10.2. The van der Waals surface area contributed by atoms with Crippen molar-refractivity contribution in [1.29, 1.82) is 0 Å². The molecular formula is C5H18N2OSi2. The van der Waals surface area contributed by atoms with Crippen LogP contribution in [0.25, 0.3) is 0 Å². The van der Waals surface area contributed by atoms with E-state index in [1.54, 1.807) is 0 Å². The van der Waals surface area contributed by atoms with Crippen molar-refractivity contribution in [3.63, 3.8) is 0 Å². The highest BCUT2D eigenvalue weighted by molar-refractivity contribution is 6.34. The minimum Gasteiger partial charge on any atom is -0.468 e. The van der Waals surface area contributed by atoms with Gasteiger partial charge in [0.15, 0.2) is 0 Å². The first-order valence-corrected chi connectivity index (χ1v) is 6.15. The Kier molecular flexibility index (Phi) is 7.65. The maximum atomic E-state index is 5.72. The molecule has 0 aliphatic carbocycles. The van der Waals surface area contributed by atoms with Crippen LogP contribution in [0.1, 0.15) is 12.8 Å². The second kappa shape index (κ2) is 7.42. The fraction of sp³-hybridized carbons (Fsp3) is 1.00. The SMILES string of the molecule is NCCC(N)CC[SiH2]O[SiH3]. The van der Waals surface area contributed by atoms with Gasteiger partial charge in [0.1, 0.15) is 20.2 Å². The Morgan fingerprint density at radius 3 is 2.70 bits per heavy atom. The van der Waals surface area contributed by atoms with Gasteiger partial charge in [0.2, 0.25) is 0 Å². The zero-order valence-electron chi connectivity index (χ0n) is 6.68. The summed E-state index contributed by atoms with van der Waals surface area (Å²) >= 11 is 0. The summed E-state index contributed by atoms with van der Waals surface area (Å²) in [5, 5.41) is 0. The summed E-state index contributed by atoms with van der Waals surface area (Å²) in [6.07, 6.45) is 2.06. The van der Waals surface area contributed by atoms with E-state index in [4.69, 9.17) is 15.6 Å². The highest BCUT2D eigenvalue weighted by Gasteiger charge is 1.99. The molecule has 3 nitrogen and oxygen atoms in total. The standard InChI is InChI=1S/C5H18N2OSi2/c6-3-1-5(7)2-4-10-8-9/h5H,1-4,6-7,10H2,9H3. The van der Waals surface area contributed by atoms with E-state index in [1.165, 1.54) is 6.04 Å². The average molecular weight is 178 g/mol. The first-order chi connectivity index (χ1) is 4.81. The average Bonchev–Trinajstić information content (AvgIpc) is 1.89. The van der Waals surface area contributed by atoms with E-state index in [0.717, 1.165) is 23.3 Å². The summed E-state index contributed by atoms with van der Waals surface area (Å²) in [6.45, 7) is 0.713. The van der Waals surface area contributed by atoms with Gasteiger partial charge in [0, 0.05) is 6.04 Å². The molecule has 0 aliphatic heterocycles. The van der Waals surface area contributed by atoms with E-state index in [0.29, 0.717) is 12.6 Å². The molecule has 5 heteroatoms. The van der Waals surface area contributed by atoms with Crippen LogP contribution in [-0.4, -0.2) is 32.8 Å². The molecule has 0 radical (unpaired) electrons. The molecule has 1 atom stereocenters. The molecule has 4 N–H and O–H groups in total. The van der Waals surface area contributed by atoms with E-state index in [9.17, 15) is 0 Å². The zero-order valence-corrected chi connectivity index (χ0v) is 10.1. The highest BCUT2D eigenvalue weighted by atomic mass is 28.3. The normalized spacial score (nSPS) is 15.0. The molecule has 0 spiro atoms. The van der Waals surface area contributed by atoms with Gasteiger partial charge in [-0.05, 0) is 25.4 Å². The molecule has 0 aromatic rings. The molecule has 0 heterocycles. The van der Waals surface area contributed by atoms with E-state index < -0.39 is 0 Å². The fourth-order valence-corrected chi connectivity index (χ4v) is 2.69. The van der Waals surface area contributed by atoms with E-state index in [1.807, 2.05) is 0 Å². The molecule has 0 saturated heterocycles. The van der Waals surface area contributed by atoms with Crippen molar-refractivity contribution >= 4 is 20.2 Å². The third-order valence-electron chi connectivity index (χ3n) is 1.46. The predicted molar refractivity (Wildman–Crippen MR) is 50.6 cm³/mol. The van der Waals surface area contributed by atoms with Crippen molar-refractivity contribution in [2.45, 2.75) is 24.9 Å². The van der Waals surface area contributed by atoms with E-state index >= 15 is 0 Å². The second-order valence-corrected chi connectivity index (χ2v) is 5.90. The Balaban J connectivity index is 2.97. The van der Waals surface area contributed by atoms with Crippen LogP contribution in [0.3, 0.4) is 0 Å². The van der Waals surface area contributed by atoms with Gasteiger partial charge in [-0.25, -0.2) is 0 Å². The predicted octanol–water partition coefficient (Wildman–Crippen LogP) is -2.15. The van der Waals surface area contributed by atoms with Crippen molar-refractivity contribution in [3.8, 4) is 0 Å². The zero-order chi connectivity index (χ0) is 7.82. The van der Waals surface area contributed by atoms with Crippen molar-refractivity contribution in [1.82, 2.24) is 0 Å². The third kappa shape index (κ3) is 6.43. The lowest BCUT2D eigenvalue weighted by Gasteiger charge is -2.08. The van der Waals surface area contributed by atoms with E-state index in [2.05, 4.69) is 0 Å². The summed E-state index contributed by atoms with van der Waals surface area (Å²) in [5.41, 5.74) is 11.1. The van der Waals surface area contributed by atoms with Gasteiger partial charge in [0.05, 0.1) is 0 Å². The van der Waals surface area contributed by atoms with Crippen LogP contribution in [0.5, 0.6) is 0 Å². The number of nitrogens with two attached hydrogens (primary N) is 2. The van der Waals surface area contributed by atoms with Crippen LogP contribution in [-0.2, 0) is 4.12 Å². The second-order valence-electron chi connectivity index (χ2n) is 2.47. The molecule has 1 unspecified atom stereocenters. The first-order valence-electron chi connectivity index (χ1n) is 3.76. The topological polar surface area (TPSA) is 61.3 Å². The van der Waals surface area contributed by atoms with Crippen LogP contribution in [0, 0.1) is 0 Å². The van der Waals surface area contributed by atoms with Gasteiger partial charge in [-0.15, -0.1) is 0 Å². The molecule has 0 aliphatic rings. The largest absolute Gasteiger partial charge is 0.468 e. The molecule has 0 rings (SSSR count). The maximum absolute atomic E-state index is 5.72. The minimum absolute atomic E-state index is 0.197. The Morgan fingerprint density at radius 1 is 1.50 bits per heavy atom. The Bertz CT molecular complexity index is 74.7. The smallest absolute Gasteiger partial charge is 0.145 e. The molecule has 0 bridgehead atoms. The van der Waals surface area contributed by atoms with Crippen molar-refractivity contribution in [3.05, 3.63) is 0 Å². The third-order valence-corrected chi connectivity index (χ3v) is 3.79. The summed E-state index contributed by atoms with van der Waals surface area (Å²) in [7, 11) is 0.701. The molecule has 10 heavy (non-hydrogen) atoms. The van der Waals surface area contributed by atoms with Crippen molar-refractivity contribution in [2.24, 2.45) is 11.5 Å². The number of hydrogen-bond acceptors (Lipinski definition) is 3. The monoisotopic (exact) mass is 178 g/mol. The van der Waals surface area contributed by atoms with Gasteiger partial charge < -0.3 is 15.6 Å². The molecule has 0 amide bonds. The van der Waals surface area contributed by atoms with Crippen molar-refractivity contribution in [2.75, 3.05) is 6.54 Å². The highest BCUT2D eigenvalue weighted by Crippen LogP contribution is 1.97. The van der Waals surface area contributed by atoms with E-state index in [-0.39, 0.29) is 9.76 Å². The number of hydrogen-bond donors (Lipinski definition) is 2. The Hall–Kier alpha value is 0.314. The maximum Gasteiger partial charge on any atom is 0.145 e. The van der Waals surface area contributed by atoms with Gasteiger partial charge >= 0.3 is 0 Å². The summed E-state index contributed by atoms with van der Waals surface area (Å²) < 4.78 is 5.16. The Morgan fingerprint density at radius 2 is 2.20 bits per heavy atom. The Labute approximate surface area is 68.0 Å². The lowest BCUT2D eigenvalue weighted by Crippen LogP contribution is -2.23. The number of rotatable bonds is 6. The first kappa shape index (κ1) is 10.3. The molecular weight excluding hydrogens is 160 g/mol. The lowest BCUT2D eigenvalue weighted by molar-refractivity contribution is 0.584. The molecule has 0 aromatic carbocycles. The van der Waals surface area contributed by atoms with Crippen LogP contribution in [0.2, 0.25) is 6.04 Å². The minimum atomic E-state index is -0.197. The van der Waals surface area contributed by atoms with Gasteiger partial charge in [-0.3, -0.25) is 0 Å². The molecule has 0 aromatic heterocycles. The summed E-state index contributed by atoms with van der Waals surface area (Å²) in [4.78, 5) is 0. The van der Waals surface area contributed by atoms with Gasteiger partial charge in [-0.1, -0.05) is 0 Å². The van der Waals surface area contributed by atoms with Gasteiger partial charge in [-0.2, -0.15) is 0 Å². The van der Waals surface area contributed by atoms with Crippen LogP contribution in [0.15, 0.2) is 0 Å². The van der Waals surface area contributed by atoms with Gasteiger partial charge in [0.25, 0.3) is 0 Å². The van der Waals surface area contributed by atoms with Crippen molar-refractivity contribution < 1.29 is 4.12 Å². The van der Waals surface area contributed by atoms with Crippen LogP contribution < -0.4 is 11.5 Å². The van der Waals surface area contributed by atoms with Crippen LogP contribution >= 0.6 is 0 Å². The quantitative estimate of drug-likeness (QED) is 0.360. The summed E-state index contributed by atoms with van der Waals surface area (Å²) in [6, 6.07) is 1.53. The molecule has 0 fully saturated rings.